The number of hydrogen-bond donors (Lipinski definition) is 1. The summed E-state index contributed by atoms with van der Waals surface area (Å²) in [5.41, 5.74) is 4.59. The van der Waals surface area contributed by atoms with Gasteiger partial charge in [0.2, 0.25) is 0 Å². The van der Waals surface area contributed by atoms with E-state index in [1.807, 2.05) is 36.4 Å². The molecule has 5 nitrogen and oxygen atoms in total. The van der Waals surface area contributed by atoms with Crippen LogP contribution in [0.4, 0.5) is 0 Å². The maximum absolute atomic E-state index is 12.6. The Bertz CT molecular complexity index is 1140. The van der Waals surface area contributed by atoms with Crippen molar-refractivity contribution in [3.63, 3.8) is 0 Å². The minimum Gasteiger partial charge on any atom is -0.441 e. The van der Waals surface area contributed by atoms with Gasteiger partial charge in [0, 0.05) is 25.1 Å². The van der Waals surface area contributed by atoms with Gasteiger partial charge in [0.15, 0.2) is 11.5 Å². The maximum atomic E-state index is 12.6. The quantitative estimate of drug-likeness (QED) is 0.367. The molecule has 0 unspecified atom stereocenters. The van der Waals surface area contributed by atoms with Gasteiger partial charge in [-0.2, -0.15) is 0 Å². The van der Waals surface area contributed by atoms with Crippen molar-refractivity contribution in [3.05, 3.63) is 101 Å². The molecular formula is C27H29N3O2. The van der Waals surface area contributed by atoms with Crippen LogP contribution in [0.1, 0.15) is 33.8 Å². The Morgan fingerprint density at radius 3 is 2.41 bits per heavy atom. The van der Waals surface area contributed by atoms with Crippen LogP contribution in [-0.4, -0.2) is 35.9 Å². The third-order valence-corrected chi connectivity index (χ3v) is 5.46. The van der Waals surface area contributed by atoms with E-state index in [4.69, 9.17) is 4.42 Å². The summed E-state index contributed by atoms with van der Waals surface area (Å²) in [7, 11) is 2.10. The van der Waals surface area contributed by atoms with Crippen LogP contribution in [0.2, 0.25) is 0 Å². The highest BCUT2D eigenvalue weighted by molar-refractivity contribution is 5.97. The molecule has 3 aromatic carbocycles. The van der Waals surface area contributed by atoms with Gasteiger partial charge in [-0.15, -0.1) is 0 Å². The number of hydrogen-bond acceptors (Lipinski definition) is 4. The van der Waals surface area contributed by atoms with Crippen LogP contribution < -0.4 is 5.32 Å². The molecule has 0 saturated heterocycles. The zero-order chi connectivity index (χ0) is 22.2. The van der Waals surface area contributed by atoms with E-state index in [2.05, 4.69) is 58.6 Å². The van der Waals surface area contributed by atoms with E-state index >= 15 is 0 Å². The van der Waals surface area contributed by atoms with Gasteiger partial charge in [0.25, 0.3) is 5.91 Å². The lowest BCUT2D eigenvalue weighted by molar-refractivity contribution is 0.0952. The first-order chi connectivity index (χ1) is 15.7. The van der Waals surface area contributed by atoms with Gasteiger partial charge in [-0.05, 0) is 55.8 Å². The number of rotatable bonds is 10. The standard InChI is InChI=1S/C27H29N3O2/c1-30(20-22-11-6-3-7-12-22)18-8-17-28-27(31)23-14-15-24-25(19-23)32-26(29-24)16-13-21-9-4-2-5-10-21/h2-7,9-12,14-15,19H,8,13,16-18,20H2,1H3,(H,28,31). The topological polar surface area (TPSA) is 58.4 Å². The van der Waals surface area contributed by atoms with Crippen molar-refractivity contribution in [2.24, 2.45) is 0 Å². The number of carbonyl (C=O) groups is 1. The molecular weight excluding hydrogens is 398 g/mol. The molecule has 1 amide bonds. The van der Waals surface area contributed by atoms with Crippen LogP contribution in [0.25, 0.3) is 11.1 Å². The molecule has 0 aliphatic heterocycles. The average Bonchev–Trinajstić information content (AvgIpc) is 3.24. The van der Waals surface area contributed by atoms with Crippen molar-refractivity contribution >= 4 is 17.0 Å². The lowest BCUT2D eigenvalue weighted by Gasteiger charge is -2.16. The van der Waals surface area contributed by atoms with Gasteiger partial charge in [-0.1, -0.05) is 60.7 Å². The molecule has 32 heavy (non-hydrogen) atoms. The molecule has 0 atom stereocenters. The summed E-state index contributed by atoms with van der Waals surface area (Å²) in [5, 5.41) is 3.01. The molecule has 5 heteroatoms. The van der Waals surface area contributed by atoms with E-state index in [1.54, 1.807) is 6.07 Å². The summed E-state index contributed by atoms with van der Waals surface area (Å²) in [6.07, 6.45) is 2.50. The Balaban J connectivity index is 1.25. The molecule has 164 valence electrons. The second-order valence-electron chi connectivity index (χ2n) is 8.11. The summed E-state index contributed by atoms with van der Waals surface area (Å²) in [4.78, 5) is 19.4. The first-order valence-corrected chi connectivity index (χ1v) is 11.1. The van der Waals surface area contributed by atoms with Crippen LogP contribution in [-0.2, 0) is 19.4 Å². The van der Waals surface area contributed by atoms with E-state index in [0.29, 0.717) is 23.6 Å². The fraction of sp³-hybridized carbons (Fsp3) is 0.259. The predicted molar refractivity (Wildman–Crippen MR) is 128 cm³/mol. The second-order valence-corrected chi connectivity index (χ2v) is 8.11. The monoisotopic (exact) mass is 427 g/mol. The Morgan fingerprint density at radius 1 is 0.938 bits per heavy atom. The van der Waals surface area contributed by atoms with Crippen LogP contribution in [0.15, 0.2) is 83.3 Å². The highest BCUT2D eigenvalue weighted by atomic mass is 16.3. The van der Waals surface area contributed by atoms with Crippen molar-refractivity contribution in [1.82, 2.24) is 15.2 Å². The molecule has 0 radical (unpaired) electrons. The number of nitrogens with one attached hydrogen (secondary N) is 1. The van der Waals surface area contributed by atoms with Crippen molar-refractivity contribution < 1.29 is 9.21 Å². The van der Waals surface area contributed by atoms with Gasteiger partial charge < -0.3 is 14.6 Å². The average molecular weight is 428 g/mol. The molecule has 1 aromatic heterocycles. The number of carbonyl (C=O) groups excluding carboxylic acids is 1. The van der Waals surface area contributed by atoms with E-state index in [1.165, 1.54) is 11.1 Å². The summed E-state index contributed by atoms with van der Waals surface area (Å²) < 4.78 is 5.90. The van der Waals surface area contributed by atoms with Gasteiger partial charge in [-0.3, -0.25) is 4.79 Å². The zero-order valence-corrected chi connectivity index (χ0v) is 18.5. The summed E-state index contributed by atoms with van der Waals surface area (Å²) in [6, 6.07) is 26.1. The molecule has 0 saturated carbocycles. The summed E-state index contributed by atoms with van der Waals surface area (Å²) in [5.74, 6) is 0.614. The highest BCUT2D eigenvalue weighted by Crippen LogP contribution is 2.19. The Labute approximate surface area is 189 Å². The van der Waals surface area contributed by atoms with Gasteiger partial charge in [-0.25, -0.2) is 4.98 Å². The largest absolute Gasteiger partial charge is 0.441 e. The molecule has 0 spiro atoms. The van der Waals surface area contributed by atoms with Crippen LogP contribution in [0.5, 0.6) is 0 Å². The van der Waals surface area contributed by atoms with Crippen molar-refractivity contribution in [2.45, 2.75) is 25.8 Å². The summed E-state index contributed by atoms with van der Waals surface area (Å²) >= 11 is 0. The SMILES string of the molecule is CN(CCCNC(=O)c1ccc2nc(CCc3ccccc3)oc2c1)Cc1ccccc1. The third-order valence-electron chi connectivity index (χ3n) is 5.46. The first-order valence-electron chi connectivity index (χ1n) is 11.1. The Morgan fingerprint density at radius 2 is 1.66 bits per heavy atom. The molecule has 4 rings (SSSR count). The number of amides is 1. The van der Waals surface area contributed by atoms with Gasteiger partial charge in [0.1, 0.15) is 5.52 Å². The normalized spacial score (nSPS) is 11.2. The molecule has 1 heterocycles. The van der Waals surface area contributed by atoms with Crippen molar-refractivity contribution in [3.8, 4) is 0 Å². The molecule has 0 fully saturated rings. The van der Waals surface area contributed by atoms with Crippen molar-refractivity contribution in [2.75, 3.05) is 20.1 Å². The molecule has 0 aliphatic carbocycles. The van der Waals surface area contributed by atoms with E-state index in [-0.39, 0.29) is 5.91 Å². The minimum absolute atomic E-state index is 0.0835. The van der Waals surface area contributed by atoms with Crippen LogP contribution >= 0.6 is 0 Å². The van der Waals surface area contributed by atoms with E-state index < -0.39 is 0 Å². The number of oxazole rings is 1. The number of nitrogens with zero attached hydrogens (tertiary/aromatic N) is 2. The molecule has 4 aromatic rings. The van der Waals surface area contributed by atoms with E-state index in [9.17, 15) is 4.79 Å². The first kappa shape index (κ1) is 21.8. The predicted octanol–water partition coefficient (Wildman–Crippen LogP) is 4.86. The zero-order valence-electron chi connectivity index (χ0n) is 18.5. The van der Waals surface area contributed by atoms with Gasteiger partial charge in [0.05, 0.1) is 0 Å². The van der Waals surface area contributed by atoms with Gasteiger partial charge >= 0.3 is 0 Å². The number of aromatic nitrogens is 1. The number of fused-ring (bicyclic) bond motifs is 1. The van der Waals surface area contributed by atoms with Crippen LogP contribution in [0.3, 0.4) is 0 Å². The molecule has 1 N–H and O–H groups in total. The fourth-order valence-corrected chi connectivity index (χ4v) is 3.74. The van der Waals surface area contributed by atoms with Crippen LogP contribution in [0, 0.1) is 0 Å². The lowest BCUT2D eigenvalue weighted by atomic mass is 10.1. The van der Waals surface area contributed by atoms with Crippen molar-refractivity contribution in [1.29, 1.82) is 0 Å². The summed E-state index contributed by atoms with van der Waals surface area (Å²) in [6.45, 7) is 2.46. The number of benzene rings is 3. The molecule has 0 bridgehead atoms. The highest BCUT2D eigenvalue weighted by Gasteiger charge is 2.11. The maximum Gasteiger partial charge on any atom is 0.251 e. The smallest absolute Gasteiger partial charge is 0.251 e. The number of aryl methyl sites for hydroxylation is 2. The second kappa shape index (κ2) is 10.7. The molecule has 0 aliphatic rings. The fourth-order valence-electron chi connectivity index (χ4n) is 3.74. The Kier molecular flexibility index (Phi) is 7.31. The lowest BCUT2D eigenvalue weighted by Crippen LogP contribution is -2.28. The minimum atomic E-state index is -0.0835. The Hall–Kier alpha value is -3.44. The van der Waals surface area contributed by atoms with E-state index in [0.717, 1.165) is 37.9 Å². The third kappa shape index (κ3) is 6.05.